The summed E-state index contributed by atoms with van der Waals surface area (Å²) in [6, 6.07) is 0. The van der Waals surface area contributed by atoms with Gasteiger partial charge >= 0.3 is 0 Å². The van der Waals surface area contributed by atoms with Crippen molar-refractivity contribution < 1.29 is 89.0 Å². The maximum Gasteiger partial charge on any atom is 0.187 e. The summed E-state index contributed by atoms with van der Waals surface area (Å²) in [6.45, 7) is 10.0. The molecule has 18 heteroatoms. The van der Waals surface area contributed by atoms with Gasteiger partial charge in [0.25, 0.3) is 0 Å². The van der Waals surface area contributed by atoms with Crippen molar-refractivity contribution in [2.45, 2.75) is 209 Å². The Morgan fingerprint density at radius 2 is 1.25 bits per heavy atom. The summed E-state index contributed by atoms with van der Waals surface area (Å²) in [6.07, 6.45) is -16.2. The van der Waals surface area contributed by atoms with Gasteiger partial charge in [0, 0.05) is 24.9 Å². The van der Waals surface area contributed by atoms with Gasteiger partial charge in [0.15, 0.2) is 24.7 Å². The number of rotatable bonds is 8. The van der Waals surface area contributed by atoms with Crippen LogP contribution in [-0.2, 0) is 37.9 Å². The molecule has 5 saturated heterocycles. The van der Waals surface area contributed by atoms with Crippen LogP contribution in [0.15, 0.2) is 0 Å². The predicted molar refractivity (Wildman–Crippen MR) is 216 cm³/mol. The summed E-state index contributed by atoms with van der Waals surface area (Å²) in [5.41, 5.74) is -0.0749. The quantitative estimate of drug-likeness (QED) is 0.134. The second-order valence-electron chi connectivity index (χ2n) is 21.6. The molecule has 4 aliphatic carbocycles. The van der Waals surface area contributed by atoms with Crippen molar-refractivity contribution in [3.8, 4) is 0 Å². The topological polar surface area (TPSA) is 276 Å². The Bertz CT molecular complexity index is 1590. The Labute approximate surface area is 369 Å². The zero-order valence-electron chi connectivity index (χ0n) is 37.2. The van der Waals surface area contributed by atoms with Crippen LogP contribution < -0.4 is 0 Å². The summed E-state index contributed by atoms with van der Waals surface area (Å²) in [5.74, 6) is 1.78. The van der Waals surface area contributed by atoms with Gasteiger partial charge in [-0.2, -0.15) is 0 Å². The van der Waals surface area contributed by atoms with Gasteiger partial charge in [-0.05, 0) is 106 Å². The Balaban J connectivity index is 0.909. The highest BCUT2D eigenvalue weighted by Crippen LogP contribution is 2.71. The van der Waals surface area contributed by atoms with Gasteiger partial charge in [-0.3, -0.25) is 0 Å². The highest BCUT2D eigenvalue weighted by atomic mass is 16.8. The van der Waals surface area contributed by atoms with Crippen molar-refractivity contribution in [1.82, 2.24) is 0 Å². The minimum atomic E-state index is -1.76. The molecule has 0 aromatic carbocycles. The molecule has 9 fully saturated rings. The van der Waals surface area contributed by atoms with E-state index >= 15 is 0 Å². The van der Waals surface area contributed by atoms with Crippen molar-refractivity contribution in [2.24, 2.45) is 52.3 Å². The Morgan fingerprint density at radius 1 is 0.603 bits per heavy atom. The zero-order chi connectivity index (χ0) is 45.1. The van der Waals surface area contributed by atoms with Crippen LogP contribution in [0, 0.1) is 52.3 Å². The van der Waals surface area contributed by atoms with Crippen LogP contribution in [-0.4, -0.2) is 187 Å². The minimum Gasteiger partial charge on any atom is -0.396 e. The molecular formula is C45H74O18. The molecule has 28 atom stereocenters. The normalized spacial score (nSPS) is 59.4. The lowest BCUT2D eigenvalue weighted by atomic mass is 9.44. The lowest BCUT2D eigenvalue weighted by molar-refractivity contribution is -0.391. The average Bonchev–Trinajstić information content (AvgIpc) is 3.71. The van der Waals surface area contributed by atoms with Gasteiger partial charge in [-0.15, -0.1) is 0 Å². The Kier molecular flexibility index (Phi) is 13.3. The van der Waals surface area contributed by atoms with E-state index in [0.29, 0.717) is 43.1 Å². The molecule has 0 aromatic rings. The fourth-order valence-electron chi connectivity index (χ4n) is 14.7. The van der Waals surface area contributed by atoms with E-state index in [1.807, 2.05) is 0 Å². The maximum absolute atomic E-state index is 12.1. The van der Waals surface area contributed by atoms with Gasteiger partial charge in [-0.25, -0.2) is 0 Å². The number of fused-ring (bicyclic) bond motifs is 7. The van der Waals surface area contributed by atoms with Gasteiger partial charge in [-0.1, -0.05) is 20.8 Å². The van der Waals surface area contributed by atoms with Gasteiger partial charge in [0.05, 0.1) is 43.7 Å². The van der Waals surface area contributed by atoms with Gasteiger partial charge in [0.2, 0.25) is 0 Å². The van der Waals surface area contributed by atoms with E-state index in [2.05, 4.69) is 20.8 Å². The van der Waals surface area contributed by atoms with E-state index in [0.717, 1.165) is 44.9 Å². The summed E-state index contributed by atoms with van der Waals surface area (Å²) in [5, 5.41) is 108. The van der Waals surface area contributed by atoms with Crippen molar-refractivity contribution in [1.29, 1.82) is 0 Å². The molecule has 0 radical (unpaired) electrons. The van der Waals surface area contributed by atoms with Crippen LogP contribution in [0.5, 0.6) is 0 Å². The molecular weight excluding hydrogens is 828 g/mol. The third-order valence-corrected chi connectivity index (χ3v) is 18.4. The standard InChI is InChI=1S/C45H74O18/c1-18-30-28(63-45(18)11-8-21(15-46)17-56-45)13-25-23-7-6-22-12-27(26(48)14-44(22,5)24(23)9-10-43(25,30)4)59-42-39(62-41-36(54)34(52)32(50)20(3)58-41)37(55)38(29(16-47)60-42)61-40-35(53)33(51)31(49)19(2)57-40/h18-42,46-55H,6-17H2,1-5H3/t18-,19-,20-,21-,22-,23+,24-,25-,26+,27+,28-,29+,30-,31-,32-,33+,34+,35+,36+,37-,38+,39+,40-,41-,42+,43-,44-,45+/m0/s1. The van der Waals surface area contributed by atoms with Crippen LogP contribution in [0.4, 0.5) is 0 Å². The van der Waals surface area contributed by atoms with E-state index in [4.69, 9.17) is 37.9 Å². The van der Waals surface area contributed by atoms with Crippen LogP contribution >= 0.6 is 0 Å². The van der Waals surface area contributed by atoms with Crippen LogP contribution in [0.2, 0.25) is 0 Å². The molecule has 362 valence electrons. The summed E-state index contributed by atoms with van der Waals surface area (Å²) in [4.78, 5) is 0. The molecule has 0 amide bonds. The first-order valence-corrected chi connectivity index (χ1v) is 23.8. The van der Waals surface area contributed by atoms with Crippen molar-refractivity contribution in [2.75, 3.05) is 19.8 Å². The summed E-state index contributed by atoms with van der Waals surface area (Å²) < 4.78 is 49.8. The molecule has 10 N–H and O–H groups in total. The van der Waals surface area contributed by atoms with E-state index < -0.39 is 117 Å². The highest BCUT2D eigenvalue weighted by molar-refractivity contribution is 5.16. The molecule has 5 aliphatic heterocycles. The first-order valence-electron chi connectivity index (χ1n) is 23.8. The van der Waals surface area contributed by atoms with Gasteiger partial charge in [0.1, 0.15) is 61.0 Å². The third kappa shape index (κ3) is 7.79. The van der Waals surface area contributed by atoms with E-state index in [1.54, 1.807) is 0 Å². The predicted octanol–water partition coefficient (Wildman–Crippen LogP) is -0.735. The van der Waals surface area contributed by atoms with E-state index in [1.165, 1.54) is 13.8 Å². The second-order valence-corrected chi connectivity index (χ2v) is 21.6. The van der Waals surface area contributed by atoms with Crippen molar-refractivity contribution in [3.05, 3.63) is 0 Å². The monoisotopic (exact) mass is 902 g/mol. The SMILES string of the molecule is C[C@@H]1O[C@@H](O[C@H]2[C@H](O[C@@H]3C[C@@H]4CC[C@@H]5[C@H](CC[C@]6(C)[C@@H]7[C@H](C[C@@H]56)O[C@]5(CC[C@@H](CO)CO5)[C@H]7C)[C@@]4(C)C[C@H]3O)O[C@H](CO)[C@@H](O[C@@H]3O[C@@H](C)[C@H](O)[C@@H](O)[C@H]3O)[C@@H]2O)[C@H](O)[C@H](O)[C@H]1O. The van der Waals surface area contributed by atoms with Crippen LogP contribution in [0.3, 0.4) is 0 Å². The highest BCUT2D eigenvalue weighted by Gasteiger charge is 2.70. The lowest BCUT2D eigenvalue weighted by Gasteiger charge is -2.62. The maximum atomic E-state index is 12.1. The number of ether oxygens (including phenoxy) is 8. The van der Waals surface area contributed by atoms with E-state index in [-0.39, 0.29) is 41.3 Å². The summed E-state index contributed by atoms with van der Waals surface area (Å²) in [7, 11) is 0. The lowest BCUT2D eigenvalue weighted by Crippen LogP contribution is -2.67. The number of hydrogen-bond donors (Lipinski definition) is 10. The summed E-state index contributed by atoms with van der Waals surface area (Å²) >= 11 is 0. The molecule has 4 saturated carbocycles. The first kappa shape index (κ1) is 47.4. The molecule has 18 nitrogen and oxygen atoms in total. The molecule has 0 aromatic heterocycles. The largest absolute Gasteiger partial charge is 0.396 e. The van der Waals surface area contributed by atoms with E-state index in [9.17, 15) is 51.1 Å². The number of aliphatic hydroxyl groups is 10. The molecule has 0 bridgehead atoms. The smallest absolute Gasteiger partial charge is 0.187 e. The molecule has 0 unspecified atom stereocenters. The fourth-order valence-corrected chi connectivity index (χ4v) is 14.7. The molecule has 63 heavy (non-hydrogen) atoms. The minimum absolute atomic E-state index is 0.106. The Hall–Kier alpha value is -0.720. The average molecular weight is 903 g/mol. The molecule has 9 rings (SSSR count). The van der Waals surface area contributed by atoms with Crippen molar-refractivity contribution >= 4 is 0 Å². The van der Waals surface area contributed by atoms with Crippen molar-refractivity contribution in [3.63, 3.8) is 0 Å². The third-order valence-electron chi connectivity index (χ3n) is 18.4. The zero-order valence-corrected chi connectivity index (χ0v) is 37.2. The molecule has 9 aliphatic rings. The fraction of sp³-hybridized carbons (Fsp3) is 1.00. The Morgan fingerprint density at radius 3 is 1.86 bits per heavy atom. The molecule has 1 spiro atoms. The number of hydrogen-bond acceptors (Lipinski definition) is 18. The molecule has 5 heterocycles. The first-order chi connectivity index (χ1) is 29.8. The number of aliphatic hydroxyl groups excluding tert-OH is 10. The van der Waals surface area contributed by atoms with Crippen LogP contribution in [0.25, 0.3) is 0 Å². The van der Waals surface area contributed by atoms with Crippen LogP contribution in [0.1, 0.15) is 92.4 Å². The van der Waals surface area contributed by atoms with Gasteiger partial charge < -0.3 is 89.0 Å². The second kappa shape index (κ2) is 17.7.